The number of piperidine rings is 1. The predicted molar refractivity (Wildman–Crippen MR) is 98.6 cm³/mol. The van der Waals surface area contributed by atoms with Crippen molar-refractivity contribution in [3.8, 4) is 0 Å². The number of halogens is 3. The average Bonchev–Trinajstić information content (AvgIpc) is 2.82. The Labute approximate surface area is 161 Å². The van der Waals surface area contributed by atoms with Crippen LogP contribution in [0.1, 0.15) is 39.7 Å². The third-order valence-electron chi connectivity index (χ3n) is 4.00. The molecule has 0 radical (unpaired) electrons. The summed E-state index contributed by atoms with van der Waals surface area (Å²) in [5.74, 6) is 0. The van der Waals surface area contributed by atoms with E-state index in [4.69, 9.17) is 39.5 Å². The summed E-state index contributed by atoms with van der Waals surface area (Å²) in [6.45, 7) is 6.73. The van der Waals surface area contributed by atoms with E-state index in [1.165, 1.54) is 0 Å². The zero-order valence-corrected chi connectivity index (χ0v) is 16.5. The van der Waals surface area contributed by atoms with Crippen molar-refractivity contribution in [2.75, 3.05) is 13.1 Å². The van der Waals surface area contributed by atoms with E-state index in [-0.39, 0.29) is 22.6 Å². The first-order valence-corrected chi connectivity index (χ1v) is 9.16. The van der Waals surface area contributed by atoms with Crippen molar-refractivity contribution >= 4 is 51.9 Å². The summed E-state index contributed by atoms with van der Waals surface area (Å²) in [6, 6.07) is 0.0123. The molecule has 1 atom stereocenters. The second-order valence-electron chi connectivity index (χ2n) is 7.09. The van der Waals surface area contributed by atoms with Crippen molar-refractivity contribution in [3.05, 3.63) is 21.7 Å². The van der Waals surface area contributed by atoms with Gasteiger partial charge >= 0.3 is 6.09 Å². The lowest BCUT2D eigenvalue weighted by Crippen LogP contribution is -2.43. The first-order valence-electron chi connectivity index (χ1n) is 8.02. The van der Waals surface area contributed by atoms with Crippen molar-refractivity contribution in [3.63, 3.8) is 0 Å². The number of hydrogen-bond donors (Lipinski definition) is 0. The highest BCUT2D eigenvalue weighted by molar-refractivity contribution is 6.42. The predicted octanol–water partition coefficient (Wildman–Crippen LogP) is 4.96. The van der Waals surface area contributed by atoms with Crippen LogP contribution in [0.25, 0.3) is 11.0 Å². The standard InChI is InChI=1S/C16H19Cl3N4O2/c1-16(2,3)25-15(24)22-6-4-5-9(7-22)23-8-10(17)11-12(18)20-14(19)21-13(11)23/h8-9H,4-7H2,1-3H3/t9-/m1/s1. The van der Waals surface area contributed by atoms with Crippen LogP contribution in [-0.2, 0) is 4.74 Å². The molecule has 6 nitrogen and oxygen atoms in total. The van der Waals surface area contributed by atoms with Crippen molar-refractivity contribution in [2.45, 2.75) is 45.3 Å². The molecule has 0 aliphatic carbocycles. The molecule has 2 aromatic heterocycles. The Morgan fingerprint density at radius 3 is 2.68 bits per heavy atom. The highest BCUT2D eigenvalue weighted by atomic mass is 35.5. The van der Waals surface area contributed by atoms with Crippen molar-refractivity contribution in [2.24, 2.45) is 0 Å². The van der Waals surface area contributed by atoms with Gasteiger partial charge in [0.25, 0.3) is 0 Å². The number of carbonyl (C=O) groups is 1. The minimum absolute atomic E-state index is 0.0123. The van der Waals surface area contributed by atoms with E-state index in [2.05, 4.69) is 9.97 Å². The molecule has 0 N–H and O–H groups in total. The smallest absolute Gasteiger partial charge is 0.410 e. The van der Waals surface area contributed by atoms with Gasteiger partial charge in [0.15, 0.2) is 0 Å². The Morgan fingerprint density at radius 1 is 1.28 bits per heavy atom. The monoisotopic (exact) mass is 404 g/mol. The number of fused-ring (bicyclic) bond motifs is 1. The minimum atomic E-state index is -0.526. The number of ether oxygens (including phenoxy) is 1. The number of rotatable bonds is 1. The van der Waals surface area contributed by atoms with Crippen LogP contribution in [0.4, 0.5) is 4.79 Å². The zero-order valence-electron chi connectivity index (χ0n) is 14.2. The summed E-state index contributed by atoms with van der Waals surface area (Å²) in [5, 5.41) is 1.32. The highest BCUT2D eigenvalue weighted by Crippen LogP contribution is 2.35. The van der Waals surface area contributed by atoms with Crippen LogP contribution in [0.2, 0.25) is 15.5 Å². The number of aromatic nitrogens is 3. The van der Waals surface area contributed by atoms with E-state index in [1.54, 1.807) is 11.1 Å². The van der Waals surface area contributed by atoms with Crippen LogP contribution in [0.3, 0.4) is 0 Å². The normalized spacial score (nSPS) is 18.6. The number of carbonyl (C=O) groups excluding carboxylic acids is 1. The molecule has 0 saturated carbocycles. The molecule has 1 aliphatic heterocycles. The molecule has 0 spiro atoms. The molecule has 2 aromatic rings. The van der Waals surface area contributed by atoms with E-state index in [0.717, 1.165) is 12.8 Å². The summed E-state index contributed by atoms with van der Waals surface area (Å²) in [7, 11) is 0. The Kier molecular flexibility index (Phi) is 5.06. The van der Waals surface area contributed by atoms with Gasteiger partial charge in [-0.1, -0.05) is 23.2 Å². The molecular weight excluding hydrogens is 387 g/mol. The SMILES string of the molecule is CC(C)(C)OC(=O)N1CCC[C@@H](n2cc(Cl)c3c(Cl)nc(Cl)nc32)C1. The molecule has 0 bridgehead atoms. The molecule has 136 valence electrons. The van der Waals surface area contributed by atoms with Crippen LogP contribution in [0, 0.1) is 0 Å². The fraction of sp³-hybridized carbons (Fsp3) is 0.562. The van der Waals surface area contributed by atoms with Gasteiger partial charge in [-0.2, -0.15) is 4.98 Å². The van der Waals surface area contributed by atoms with E-state index in [0.29, 0.717) is 29.1 Å². The topological polar surface area (TPSA) is 60.2 Å². The first kappa shape index (κ1) is 18.5. The summed E-state index contributed by atoms with van der Waals surface area (Å²) in [6.07, 6.45) is 3.20. The van der Waals surface area contributed by atoms with E-state index >= 15 is 0 Å². The molecule has 0 aromatic carbocycles. The fourth-order valence-electron chi connectivity index (χ4n) is 2.99. The van der Waals surface area contributed by atoms with Gasteiger partial charge in [-0.15, -0.1) is 0 Å². The molecule has 1 amide bonds. The Hall–Kier alpha value is -1.24. The van der Waals surface area contributed by atoms with Gasteiger partial charge in [0.1, 0.15) is 16.4 Å². The quantitative estimate of drug-likeness (QED) is 0.497. The maximum atomic E-state index is 12.4. The molecule has 25 heavy (non-hydrogen) atoms. The zero-order chi connectivity index (χ0) is 18.4. The number of hydrogen-bond acceptors (Lipinski definition) is 4. The Balaban J connectivity index is 1.90. The second-order valence-corrected chi connectivity index (χ2v) is 8.19. The fourth-order valence-corrected chi connectivity index (χ4v) is 3.79. The minimum Gasteiger partial charge on any atom is -0.444 e. The van der Waals surface area contributed by atoms with Gasteiger partial charge in [0.2, 0.25) is 5.28 Å². The molecule has 1 aliphatic rings. The molecular formula is C16H19Cl3N4O2. The number of amides is 1. The maximum Gasteiger partial charge on any atom is 0.410 e. The van der Waals surface area contributed by atoms with E-state index < -0.39 is 5.60 Å². The molecule has 1 saturated heterocycles. The van der Waals surface area contributed by atoms with Crippen LogP contribution in [0.5, 0.6) is 0 Å². The van der Waals surface area contributed by atoms with E-state index in [9.17, 15) is 4.79 Å². The molecule has 0 unspecified atom stereocenters. The van der Waals surface area contributed by atoms with Gasteiger partial charge in [0.05, 0.1) is 16.5 Å². The molecule has 3 heterocycles. The first-order chi connectivity index (χ1) is 11.7. The summed E-state index contributed by atoms with van der Waals surface area (Å²) in [4.78, 5) is 22.3. The summed E-state index contributed by atoms with van der Waals surface area (Å²) in [5.41, 5.74) is 0.0490. The lowest BCUT2D eigenvalue weighted by molar-refractivity contribution is 0.0174. The van der Waals surface area contributed by atoms with Gasteiger partial charge in [0, 0.05) is 19.3 Å². The summed E-state index contributed by atoms with van der Waals surface area (Å²) >= 11 is 18.4. The van der Waals surface area contributed by atoms with E-state index in [1.807, 2.05) is 25.3 Å². The van der Waals surface area contributed by atoms with Crippen molar-refractivity contribution < 1.29 is 9.53 Å². The maximum absolute atomic E-state index is 12.4. The third-order valence-corrected chi connectivity index (χ3v) is 4.73. The molecule has 3 rings (SSSR count). The van der Waals surface area contributed by atoms with Gasteiger partial charge in [-0.25, -0.2) is 9.78 Å². The lowest BCUT2D eigenvalue weighted by Gasteiger charge is -2.34. The summed E-state index contributed by atoms with van der Waals surface area (Å²) < 4.78 is 7.40. The average molecular weight is 406 g/mol. The van der Waals surface area contributed by atoms with Gasteiger partial charge in [-0.3, -0.25) is 0 Å². The Bertz CT molecular complexity index is 816. The number of nitrogens with zero attached hydrogens (tertiary/aromatic N) is 4. The highest BCUT2D eigenvalue weighted by Gasteiger charge is 2.30. The van der Waals surface area contributed by atoms with Gasteiger partial charge < -0.3 is 14.2 Å². The van der Waals surface area contributed by atoms with Crippen molar-refractivity contribution in [1.29, 1.82) is 0 Å². The van der Waals surface area contributed by atoms with Crippen LogP contribution in [-0.4, -0.2) is 44.2 Å². The number of likely N-dealkylation sites (tertiary alicyclic amines) is 1. The third kappa shape index (κ3) is 3.96. The largest absolute Gasteiger partial charge is 0.444 e. The second kappa shape index (κ2) is 6.82. The van der Waals surface area contributed by atoms with Crippen LogP contribution < -0.4 is 0 Å². The van der Waals surface area contributed by atoms with Crippen LogP contribution >= 0.6 is 34.8 Å². The molecule has 1 fully saturated rings. The van der Waals surface area contributed by atoms with Crippen molar-refractivity contribution in [1.82, 2.24) is 19.4 Å². The van der Waals surface area contributed by atoms with Crippen LogP contribution in [0.15, 0.2) is 6.20 Å². The lowest BCUT2D eigenvalue weighted by atomic mass is 10.1. The molecule has 9 heteroatoms. The Morgan fingerprint density at radius 2 is 2.00 bits per heavy atom. The van der Waals surface area contributed by atoms with Gasteiger partial charge in [-0.05, 0) is 45.2 Å².